The second-order valence-corrected chi connectivity index (χ2v) is 6.53. The van der Waals surface area contributed by atoms with Gasteiger partial charge in [0.05, 0.1) is 0 Å². The molecule has 6 nitrogen and oxygen atoms in total. The minimum absolute atomic E-state index is 0.0297. The van der Waals surface area contributed by atoms with E-state index in [-0.39, 0.29) is 6.03 Å². The van der Waals surface area contributed by atoms with Crippen LogP contribution in [0.1, 0.15) is 36.6 Å². The quantitative estimate of drug-likeness (QED) is 0.816. The van der Waals surface area contributed by atoms with Crippen LogP contribution in [-0.2, 0) is 6.42 Å². The molecule has 1 aliphatic heterocycles. The fraction of sp³-hybridized carbons (Fsp3) is 0.471. The average molecular weight is 348 g/mol. The van der Waals surface area contributed by atoms with Crippen LogP contribution in [-0.4, -0.2) is 45.7 Å². The van der Waals surface area contributed by atoms with Gasteiger partial charge in [-0.05, 0) is 43.4 Å². The molecule has 1 aromatic heterocycles. The number of aromatic nitrogens is 3. The van der Waals surface area contributed by atoms with Gasteiger partial charge in [-0.2, -0.15) is 5.10 Å². The summed E-state index contributed by atoms with van der Waals surface area (Å²) in [5, 5.41) is 10.6. The summed E-state index contributed by atoms with van der Waals surface area (Å²) in [4.78, 5) is 18.3. The highest BCUT2D eigenvalue weighted by Crippen LogP contribution is 2.24. The molecule has 0 saturated carbocycles. The minimum Gasteiger partial charge on any atom is -0.338 e. The Bertz CT molecular complexity index is 636. The number of nitrogens with one attached hydrogen (secondary N) is 2. The molecule has 2 N–H and O–H groups in total. The maximum atomic E-state index is 12.2. The Morgan fingerprint density at radius 3 is 2.71 bits per heavy atom. The number of carbonyl (C=O) groups excluding carboxylic acids is 1. The summed E-state index contributed by atoms with van der Waals surface area (Å²) in [6.45, 7) is 2.20. The lowest BCUT2D eigenvalue weighted by Gasteiger charge is -2.31. The molecule has 0 aliphatic carbocycles. The first-order valence-electron chi connectivity index (χ1n) is 8.35. The summed E-state index contributed by atoms with van der Waals surface area (Å²) in [6, 6.07) is 7.88. The number of H-pyrrole nitrogens is 1. The predicted molar refractivity (Wildman–Crippen MR) is 93.1 cm³/mol. The SMILES string of the molecule is O=C(NCCCc1ccc(Cl)cc1)N1CCC(c2ncn[nH]2)CC1. The molecule has 128 valence electrons. The Morgan fingerprint density at radius 2 is 2.04 bits per heavy atom. The largest absolute Gasteiger partial charge is 0.338 e. The smallest absolute Gasteiger partial charge is 0.317 e. The molecule has 0 spiro atoms. The zero-order valence-electron chi connectivity index (χ0n) is 13.5. The highest BCUT2D eigenvalue weighted by Gasteiger charge is 2.25. The second kappa shape index (κ2) is 8.15. The summed E-state index contributed by atoms with van der Waals surface area (Å²) in [5.41, 5.74) is 1.24. The first-order valence-corrected chi connectivity index (χ1v) is 8.72. The molecule has 2 amide bonds. The number of piperidine rings is 1. The number of carbonyl (C=O) groups is 1. The first-order chi connectivity index (χ1) is 11.7. The van der Waals surface area contributed by atoms with Crippen LogP contribution in [0, 0.1) is 0 Å². The van der Waals surface area contributed by atoms with Crippen LogP contribution in [0.15, 0.2) is 30.6 Å². The lowest BCUT2D eigenvalue weighted by atomic mass is 9.96. The van der Waals surface area contributed by atoms with Crippen molar-refractivity contribution >= 4 is 17.6 Å². The molecule has 2 heterocycles. The Morgan fingerprint density at radius 1 is 1.29 bits per heavy atom. The molecule has 1 saturated heterocycles. The summed E-state index contributed by atoms with van der Waals surface area (Å²) in [5.74, 6) is 1.31. The molecule has 1 fully saturated rings. The van der Waals surface area contributed by atoms with Crippen molar-refractivity contribution in [3.05, 3.63) is 47.0 Å². The Labute approximate surface area is 146 Å². The van der Waals surface area contributed by atoms with E-state index in [1.165, 1.54) is 11.9 Å². The van der Waals surface area contributed by atoms with Gasteiger partial charge in [0, 0.05) is 30.6 Å². The third-order valence-electron chi connectivity index (χ3n) is 4.43. The molecule has 2 aromatic rings. The molecule has 0 atom stereocenters. The standard InChI is InChI=1S/C17H22ClN5O/c18-15-5-3-13(4-6-15)2-1-9-19-17(24)23-10-7-14(8-11-23)16-20-12-21-22-16/h3-6,12,14H,1-2,7-11H2,(H,19,24)(H,20,21,22). The topological polar surface area (TPSA) is 73.9 Å². The summed E-state index contributed by atoms with van der Waals surface area (Å²) in [6.07, 6.45) is 5.24. The van der Waals surface area contributed by atoms with Gasteiger partial charge in [0.15, 0.2) is 0 Å². The van der Waals surface area contributed by atoms with Crippen LogP contribution in [0.3, 0.4) is 0 Å². The van der Waals surface area contributed by atoms with Crippen LogP contribution in [0.4, 0.5) is 4.79 Å². The van der Waals surface area contributed by atoms with Crippen molar-refractivity contribution in [2.24, 2.45) is 0 Å². The number of urea groups is 1. The molecule has 7 heteroatoms. The fourth-order valence-electron chi connectivity index (χ4n) is 3.02. The van der Waals surface area contributed by atoms with Crippen molar-refractivity contribution in [1.82, 2.24) is 25.4 Å². The maximum absolute atomic E-state index is 12.2. The number of hydrogen-bond acceptors (Lipinski definition) is 3. The number of nitrogens with zero attached hydrogens (tertiary/aromatic N) is 3. The van der Waals surface area contributed by atoms with Crippen LogP contribution >= 0.6 is 11.6 Å². The Kier molecular flexibility index (Phi) is 5.69. The van der Waals surface area contributed by atoms with Crippen molar-refractivity contribution in [3.63, 3.8) is 0 Å². The number of benzene rings is 1. The zero-order valence-corrected chi connectivity index (χ0v) is 14.3. The van der Waals surface area contributed by atoms with Crippen LogP contribution in [0.25, 0.3) is 0 Å². The number of aryl methyl sites for hydroxylation is 1. The normalized spacial score (nSPS) is 15.5. The Hall–Kier alpha value is -2.08. The van der Waals surface area contributed by atoms with Crippen LogP contribution < -0.4 is 5.32 Å². The number of hydrogen-bond donors (Lipinski definition) is 2. The first kappa shape index (κ1) is 16.8. The van der Waals surface area contributed by atoms with Gasteiger partial charge < -0.3 is 10.2 Å². The van der Waals surface area contributed by atoms with E-state index in [0.717, 1.165) is 49.6 Å². The van der Waals surface area contributed by atoms with Gasteiger partial charge in [-0.3, -0.25) is 5.10 Å². The highest BCUT2D eigenvalue weighted by molar-refractivity contribution is 6.30. The number of aromatic amines is 1. The molecule has 1 aliphatic rings. The van der Waals surface area contributed by atoms with E-state index in [1.807, 2.05) is 29.2 Å². The van der Waals surface area contributed by atoms with Crippen molar-refractivity contribution in [2.45, 2.75) is 31.6 Å². The van der Waals surface area contributed by atoms with Gasteiger partial charge in [-0.1, -0.05) is 23.7 Å². The fourth-order valence-corrected chi connectivity index (χ4v) is 3.14. The lowest BCUT2D eigenvalue weighted by molar-refractivity contribution is 0.180. The van der Waals surface area contributed by atoms with Gasteiger partial charge >= 0.3 is 6.03 Å². The van der Waals surface area contributed by atoms with Gasteiger partial charge in [-0.25, -0.2) is 9.78 Å². The van der Waals surface area contributed by atoms with Crippen LogP contribution in [0.2, 0.25) is 5.02 Å². The van der Waals surface area contributed by atoms with Gasteiger partial charge in [0.2, 0.25) is 0 Å². The summed E-state index contributed by atoms with van der Waals surface area (Å²) < 4.78 is 0. The Balaban J connectivity index is 1.35. The molecule has 0 radical (unpaired) electrons. The van der Waals surface area contributed by atoms with Crippen molar-refractivity contribution in [3.8, 4) is 0 Å². The molecular weight excluding hydrogens is 326 g/mol. The predicted octanol–water partition coefficient (Wildman–Crippen LogP) is 2.98. The molecule has 3 rings (SSSR count). The van der Waals surface area contributed by atoms with E-state index in [9.17, 15) is 4.79 Å². The molecule has 1 aromatic carbocycles. The minimum atomic E-state index is 0.0297. The van der Waals surface area contributed by atoms with E-state index in [0.29, 0.717) is 12.5 Å². The number of likely N-dealkylation sites (tertiary alicyclic amines) is 1. The third-order valence-corrected chi connectivity index (χ3v) is 4.69. The van der Waals surface area contributed by atoms with Crippen LogP contribution in [0.5, 0.6) is 0 Å². The van der Waals surface area contributed by atoms with Gasteiger partial charge in [0.25, 0.3) is 0 Å². The molecule has 0 unspecified atom stereocenters. The molecule has 24 heavy (non-hydrogen) atoms. The monoisotopic (exact) mass is 347 g/mol. The molecule has 0 bridgehead atoms. The van der Waals surface area contributed by atoms with Crippen molar-refractivity contribution < 1.29 is 4.79 Å². The lowest BCUT2D eigenvalue weighted by Crippen LogP contribution is -2.44. The summed E-state index contributed by atoms with van der Waals surface area (Å²) in [7, 11) is 0. The van der Waals surface area contributed by atoms with E-state index >= 15 is 0 Å². The molecular formula is C17H22ClN5O. The van der Waals surface area contributed by atoms with Crippen molar-refractivity contribution in [2.75, 3.05) is 19.6 Å². The van der Waals surface area contributed by atoms with E-state index in [4.69, 9.17) is 11.6 Å². The second-order valence-electron chi connectivity index (χ2n) is 6.09. The number of rotatable bonds is 5. The highest BCUT2D eigenvalue weighted by atomic mass is 35.5. The van der Waals surface area contributed by atoms with E-state index in [1.54, 1.807) is 0 Å². The maximum Gasteiger partial charge on any atom is 0.317 e. The van der Waals surface area contributed by atoms with Crippen molar-refractivity contribution in [1.29, 1.82) is 0 Å². The van der Waals surface area contributed by atoms with E-state index < -0.39 is 0 Å². The zero-order chi connectivity index (χ0) is 16.8. The number of amides is 2. The van der Waals surface area contributed by atoms with Gasteiger partial charge in [-0.15, -0.1) is 0 Å². The average Bonchev–Trinajstić information content (AvgIpc) is 3.15. The summed E-state index contributed by atoms with van der Waals surface area (Å²) >= 11 is 5.87. The van der Waals surface area contributed by atoms with E-state index in [2.05, 4.69) is 20.5 Å². The number of halogens is 1. The van der Waals surface area contributed by atoms with Gasteiger partial charge in [0.1, 0.15) is 12.2 Å². The third kappa shape index (κ3) is 4.47.